The summed E-state index contributed by atoms with van der Waals surface area (Å²) >= 11 is 5.12. The molecule has 1 atom stereocenters. The molecule has 0 bridgehead atoms. The van der Waals surface area contributed by atoms with E-state index in [-0.39, 0.29) is 12.6 Å². The molecule has 0 amide bonds. The summed E-state index contributed by atoms with van der Waals surface area (Å²) in [5, 5.41) is 24.4. The molecule has 3 N–H and O–H groups in total. The first-order valence-corrected chi connectivity index (χ1v) is 6.80. The number of thiocarbonyl (C=S) groups is 1. The van der Waals surface area contributed by atoms with Crippen LogP contribution in [0.3, 0.4) is 0 Å². The fraction of sp³-hybridized carbons (Fsp3) is 0.357. The molecule has 0 spiro atoms. The summed E-state index contributed by atoms with van der Waals surface area (Å²) in [6.45, 7) is 1.80. The van der Waals surface area contributed by atoms with Gasteiger partial charge in [-0.25, -0.2) is 4.99 Å². The lowest BCUT2D eigenvalue weighted by atomic mass is 10.2. The largest absolute Gasteiger partial charge is 0.394 e. The van der Waals surface area contributed by atoms with Crippen molar-refractivity contribution in [3.05, 3.63) is 23.8 Å². The number of nitrogens with one attached hydrogen (secondary N) is 2. The number of aliphatic hydroxyl groups is 1. The monoisotopic (exact) mass is 305 g/mol. The van der Waals surface area contributed by atoms with Crippen molar-refractivity contribution in [3.8, 4) is 6.07 Å². The number of anilines is 1. The van der Waals surface area contributed by atoms with E-state index in [1.54, 1.807) is 29.4 Å². The van der Waals surface area contributed by atoms with Crippen LogP contribution >= 0.6 is 12.2 Å². The number of benzene rings is 1. The van der Waals surface area contributed by atoms with Crippen molar-refractivity contribution in [3.63, 3.8) is 0 Å². The number of rotatable bonds is 5. The van der Waals surface area contributed by atoms with E-state index in [0.717, 1.165) is 0 Å². The molecule has 0 unspecified atom stereocenters. The third-order valence-corrected chi connectivity index (χ3v) is 2.67. The second kappa shape index (κ2) is 8.19. The van der Waals surface area contributed by atoms with Gasteiger partial charge in [0.05, 0.1) is 24.2 Å². The zero-order chi connectivity index (χ0) is 15.8. The van der Waals surface area contributed by atoms with Crippen LogP contribution in [-0.4, -0.2) is 48.2 Å². The van der Waals surface area contributed by atoms with Crippen LogP contribution < -0.4 is 10.6 Å². The van der Waals surface area contributed by atoms with E-state index in [9.17, 15) is 5.26 Å². The normalized spacial score (nSPS) is 11.8. The third-order valence-electron chi connectivity index (χ3n) is 2.45. The molecule has 0 aliphatic heterocycles. The Bertz CT molecular complexity index is 565. The maximum absolute atomic E-state index is 9.18. The van der Waals surface area contributed by atoms with Gasteiger partial charge in [0.1, 0.15) is 6.07 Å². The van der Waals surface area contributed by atoms with Crippen LogP contribution in [0, 0.1) is 11.3 Å². The van der Waals surface area contributed by atoms with Crippen LogP contribution in [0.4, 0.5) is 11.4 Å². The zero-order valence-electron chi connectivity index (χ0n) is 12.3. The number of aliphatic hydroxyl groups excluding tert-OH is 1. The molecule has 0 heterocycles. The minimum Gasteiger partial charge on any atom is -0.394 e. The smallest absolute Gasteiger partial charge is 0.171 e. The maximum atomic E-state index is 9.18. The number of nitrogens with zero attached hydrogens (tertiary/aromatic N) is 3. The highest BCUT2D eigenvalue weighted by Crippen LogP contribution is 2.22. The van der Waals surface area contributed by atoms with Crippen LogP contribution in [0.2, 0.25) is 0 Å². The molecule has 1 rings (SSSR count). The van der Waals surface area contributed by atoms with Crippen molar-refractivity contribution in [1.82, 2.24) is 10.2 Å². The molecule has 0 saturated heterocycles. The average Bonchev–Trinajstić information content (AvgIpc) is 2.45. The maximum Gasteiger partial charge on any atom is 0.171 e. The van der Waals surface area contributed by atoms with Crippen LogP contribution in [0.1, 0.15) is 12.5 Å². The van der Waals surface area contributed by atoms with E-state index in [4.69, 9.17) is 17.3 Å². The predicted molar refractivity (Wildman–Crippen MR) is 88.9 cm³/mol. The minimum atomic E-state index is -0.135. The summed E-state index contributed by atoms with van der Waals surface area (Å²) in [5.41, 5.74) is 1.74. The van der Waals surface area contributed by atoms with Crippen LogP contribution in [-0.2, 0) is 0 Å². The Kier molecular flexibility index (Phi) is 6.59. The Balaban J connectivity index is 2.83. The van der Waals surface area contributed by atoms with Crippen LogP contribution in [0.5, 0.6) is 0 Å². The zero-order valence-corrected chi connectivity index (χ0v) is 13.1. The van der Waals surface area contributed by atoms with Crippen molar-refractivity contribution < 1.29 is 5.11 Å². The van der Waals surface area contributed by atoms with Gasteiger partial charge < -0.3 is 20.6 Å². The summed E-state index contributed by atoms with van der Waals surface area (Å²) < 4.78 is 0. The van der Waals surface area contributed by atoms with Gasteiger partial charge in [-0.05, 0) is 37.3 Å². The molecule has 7 heteroatoms. The van der Waals surface area contributed by atoms with Crippen molar-refractivity contribution in [2.24, 2.45) is 4.99 Å². The Morgan fingerprint density at radius 2 is 2.29 bits per heavy atom. The number of hydrogen-bond acceptors (Lipinski definition) is 4. The standard InChI is InChI=1S/C14H19N5OS/c1-10(8-20)17-14(21)18-12-4-5-13(11(6-12)7-15)16-9-19(2)3/h4-6,9-10,20H,8H2,1-3H3,(H2,17,18,21)/b16-9+/t10-/m1/s1. The fourth-order valence-corrected chi connectivity index (χ4v) is 1.75. The molecule has 0 aliphatic rings. The van der Waals surface area contributed by atoms with Gasteiger partial charge in [0.25, 0.3) is 0 Å². The molecule has 1 aromatic carbocycles. The first kappa shape index (κ1) is 16.9. The first-order valence-electron chi connectivity index (χ1n) is 6.39. The van der Waals surface area contributed by atoms with Gasteiger partial charge in [-0.1, -0.05) is 0 Å². The molecular formula is C14H19N5OS. The SMILES string of the molecule is C[C@H](CO)NC(=S)Nc1ccc(/N=C/N(C)C)c(C#N)c1. The lowest BCUT2D eigenvalue weighted by molar-refractivity contribution is 0.264. The van der Waals surface area contributed by atoms with Crippen molar-refractivity contribution in [2.75, 3.05) is 26.0 Å². The third kappa shape index (κ3) is 5.77. The van der Waals surface area contributed by atoms with Gasteiger partial charge in [-0.15, -0.1) is 0 Å². The highest BCUT2D eigenvalue weighted by atomic mass is 32.1. The Labute approximate surface area is 130 Å². The summed E-state index contributed by atoms with van der Waals surface area (Å²) in [7, 11) is 3.72. The van der Waals surface area contributed by atoms with E-state index in [1.165, 1.54) is 0 Å². The number of nitriles is 1. The van der Waals surface area contributed by atoms with E-state index in [0.29, 0.717) is 22.1 Å². The van der Waals surface area contributed by atoms with Gasteiger partial charge in [-0.2, -0.15) is 5.26 Å². The first-order chi connectivity index (χ1) is 9.96. The molecule has 6 nitrogen and oxygen atoms in total. The number of aliphatic imine (C=N–C) groups is 1. The Morgan fingerprint density at radius 3 is 2.86 bits per heavy atom. The van der Waals surface area contributed by atoms with Crippen LogP contribution in [0.15, 0.2) is 23.2 Å². The lowest BCUT2D eigenvalue weighted by Gasteiger charge is -2.15. The van der Waals surface area contributed by atoms with Crippen molar-refractivity contribution in [2.45, 2.75) is 13.0 Å². The molecule has 1 aromatic rings. The molecule has 21 heavy (non-hydrogen) atoms. The minimum absolute atomic E-state index is 0.0105. The summed E-state index contributed by atoms with van der Waals surface area (Å²) in [4.78, 5) is 6.02. The van der Waals surface area contributed by atoms with Crippen molar-refractivity contribution in [1.29, 1.82) is 5.26 Å². The Morgan fingerprint density at radius 1 is 1.57 bits per heavy atom. The Hall–Kier alpha value is -2.17. The molecule has 0 aliphatic carbocycles. The quantitative estimate of drug-likeness (QED) is 0.434. The predicted octanol–water partition coefficient (Wildman–Crippen LogP) is 1.45. The van der Waals surface area contributed by atoms with E-state index in [2.05, 4.69) is 21.7 Å². The molecule has 0 aromatic heterocycles. The summed E-state index contributed by atoms with van der Waals surface area (Å²) in [5.74, 6) is 0. The van der Waals surface area contributed by atoms with Gasteiger partial charge in [-0.3, -0.25) is 0 Å². The fourth-order valence-electron chi connectivity index (χ4n) is 1.43. The molecule has 0 radical (unpaired) electrons. The average molecular weight is 305 g/mol. The molecule has 0 fully saturated rings. The second-order valence-corrected chi connectivity index (χ2v) is 5.14. The summed E-state index contributed by atoms with van der Waals surface area (Å²) in [6.07, 6.45) is 1.64. The van der Waals surface area contributed by atoms with Gasteiger partial charge in [0.15, 0.2) is 5.11 Å². The highest BCUT2D eigenvalue weighted by Gasteiger charge is 2.06. The second-order valence-electron chi connectivity index (χ2n) is 4.73. The number of hydrogen-bond donors (Lipinski definition) is 3. The molecule has 112 valence electrons. The van der Waals surface area contributed by atoms with Crippen LogP contribution in [0.25, 0.3) is 0 Å². The van der Waals surface area contributed by atoms with Crippen molar-refractivity contribution >= 4 is 35.0 Å². The van der Waals surface area contributed by atoms with E-state index < -0.39 is 0 Å². The van der Waals surface area contributed by atoms with E-state index in [1.807, 2.05) is 21.0 Å². The topological polar surface area (TPSA) is 83.7 Å². The summed E-state index contributed by atoms with van der Waals surface area (Å²) in [6, 6.07) is 7.20. The molecule has 0 saturated carbocycles. The van der Waals surface area contributed by atoms with E-state index >= 15 is 0 Å². The highest BCUT2D eigenvalue weighted by molar-refractivity contribution is 7.80. The van der Waals surface area contributed by atoms with Gasteiger partial charge in [0.2, 0.25) is 0 Å². The molecular weight excluding hydrogens is 286 g/mol. The van der Waals surface area contributed by atoms with Gasteiger partial charge >= 0.3 is 0 Å². The van der Waals surface area contributed by atoms with Gasteiger partial charge in [0, 0.05) is 25.8 Å². The lowest BCUT2D eigenvalue weighted by Crippen LogP contribution is -2.37.